The number of rotatable bonds is 1. The van der Waals surface area contributed by atoms with Crippen LogP contribution in [0, 0.1) is 6.92 Å². The van der Waals surface area contributed by atoms with Gasteiger partial charge in [0, 0.05) is 11.7 Å². The highest BCUT2D eigenvalue weighted by Gasteiger charge is 2.20. The Kier molecular flexibility index (Phi) is 2.51. The lowest BCUT2D eigenvalue weighted by Crippen LogP contribution is -2.13. The van der Waals surface area contributed by atoms with Crippen molar-refractivity contribution in [1.29, 1.82) is 0 Å². The first-order chi connectivity index (χ1) is 5.84. The Labute approximate surface area is 81.0 Å². The molecule has 0 saturated heterocycles. The zero-order valence-corrected chi connectivity index (χ0v) is 9.55. The molecule has 1 aromatic rings. The van der Waals surface area contributed by atoms with Crippen LogP contribution in [0.3, 0.4) is 0 Å². The van der Waals surface area contributed by atoms with E-state index in [9.17, 15) is 0 Å². The maximum atomic E-state index is 4.40. The van der Waals surface area contributed by atoms with E-state index in [4.69, 9.17) is 0 Å². The van der Waals surface area contributed by atoms with Crippen LogP contribution in [0.25, 0.3) is 0 Å². The smallest absolute Gasteiger partial charge is 0.0530 e. The molecule has 1 aromatic heterocycles. The summed E-state index contributed by atoms with van der Waals surface area (Å²) < 4.78 is 2.08. The fraction of sp³-hybridized carbons (Fsp3) is 0.727. The minimum absolute atomic E-state index is 0.206. The Morgan fingerprint density at radius 1 is 1.31 bits per heavy atom. The molecule has 0 aliphatic rings. The molecular weight excluding hydrogens is 160 g/mol. The van der Waals surface area contributed by atoms with Crippen molar-refractivity contribution in [3.05, 3.63) is 17.5 Å². The van der Waals surface area contributed by atoms with E-state index in [0.29, 0.717) is 6.04 Å². The van der Waals surface area contributed by atoms with Crippen LogP contribution in [0.5, 0.6) is 0 Å². The van der Waals surface area contributed by atoms with Gasteiger partial charge < -0.3 is 0 Å². The van der Waals surface area contributed by atoms with E-state index < -0.39 is 0 Å². The second-order valence-electron chi connectivity index (χ2n) is 4.93. The Hall–Kier alpha value is -0.790. The van der Waals surface area contributed by atoms with E-state index in [1.807, 2.05) is 6.20 Å². The van der Waals surface area contributed by atoms with Gasteiger partial charge in [-0.25, -0.2) is 0 Å². The van der Waals surface area contributed by atoms with E-state index in [-0.39, 0.29) is 5.41 Å². The standard InChI is InChI=1S/C11H20N2/c1-8(2)13-9(3)10(7-12-13)11(4,5)6/h7-8H,1-6H3. The van der Waals surface area contributed by atoms with Gasteiger partial charge in [-0.1, -0.05) is 20.8 Å². The summed E-state index contributed by atoms with van der Waals surface area (Å²) in [7, 11) is 0. The predicted octanol–water partition coefficient (Wildman–Crippen LogP) is 3.07. The highest BCUT2D eigenvalue weighted by atomic mass is 15.3. The molecule has 2 nitrogen and oxygen atoms in total. The van der Waals surface area contributed by atoms with Gasteiger partial charge in [0.15, 0.2) is 0 Å². The molecule has 0 atom stereocenters. The molecular formula is C11H20N2. The molecule has 0 aromatic carbocycles. The largest absolute Gasteiger partial charge is 0.267 e. The van der Waals surface area contributed by atoms with Crippen molar-refractivity contribution in [2.24, 2.45) is 0 Å². The molecule has 0 bridgehead atoms. The SMILES string of the molecule is Cc1c(C(C)(C)C)cnn1C(C)C. The van der Waals surface area contributed by atoms with Crippen LogP contribution in [0.4, 0.5) is 0 Å². The first-order valence-electron chi connectivity index (χ1n) is 4.88. The van der Waals surface area contributed by atoms with Gasteiger partial charge in [0.1, 0.15) is 0 Å². The van der Waals surface area contributed by atoms with Gasteiger partial charge in [0.25, 0.3) is 0 Å². The van der Waals surface area contributed by atoms with Gasteiger partial charge in [-0.15, -0.1) is 0 Å². The van der Waals surface area contributed by atoms with Crippen LogP contribution in [-0.4, -0.2) is 9.78 Å². The topological polar surface area (TPSA) is 17.8 Å². The normalized spacial score (nSPS) is 12.5. The van der Waals surface area contributed by atoms with Gasteiger partial charge in [-0.3, -0.25) is 4.68 Å². The molecule has 0 fully saturated rings. The summed E-state index contributed by atoms with van der Waals surface area (Å²) in [5.74, 6) is 0. The molecule has 0 aliphatic heterocycles. The summed E-state index contributed by atoms with van der Waals surface area (Å²) in [4.78, 5) is 0. The zero-order chi connectivity index (χ0) is 10.2. The predicted molar refractivity (Wildman–Crippen MR) is 56.0 cm³/mol. The molecule has 0 radical (unpaired) electrons. The molecule has 1 rings (SSSR count). The molecule has 2 heteroatoms. The van der Waals surface area contributed by atoms with Crippen LogP contribution in [0.1, 0.15) is 51.9 Å². The van der Waals surface area contributed by atoms with Crippen LogP contribution >= 0.6 is 0 Å². The Morgan fingerprint density at radius 3 is 2.08 bits per heavy atom. The monoisotopic (exact) mass is 180 g/mol. The third-order valence-electron chi connectivity index (χ3n) is 2.34. The van der Waals surface area contributed by atoms with Crippen molar-refractivity contribution in [1.82, 2.24) is 9.78 Å². The van der Waals surface area contributed by atoms with E-state index in [2.05, 4.69) is 51.3 Å². The number of nitrogens with zero attached hydrogens (tertiary/aromatic N) is 2. The minimum Gasteiger partial charge on any atom is -0.267 e. The van der Waals surface area contributed by atoms with Gasteiger partial charge in [-0.05, 0) is 31.7 Å². The quantitative estimate of drug-likeness (QED) is 0.649. The van der Waals surface area contributed by atoms with Crippen LogP contribution < -0.4 is 0 Å². The molecule has 13 heavy (non-hydrogen) atoms. The third-order valence-corrected chi connectivity index (χ3v) is 2.34. The van der Waals surface area contributed by atoms with E-state index in [1.165, 1.54) is 11.3 Å². The van der Waals surface area contributed by atoms with Crippen LogP contribution in [0.15, 0.2) is 6.20 Å². The van der Waals surface area contributed by atoms with Gasteiger partial charge in [0.05, 0.1) is 6.20 Å². The second kappa shape index (κ2) is 3.17. The number of aromatic nitrogens is 2. The molecule has 0 N–H and O–H groups in total. The summed E-state index contributed by atoms with van der Waals surface area (Å²) in [6, 6.07) is 0.455. The molecule has 0 spiro atoms. The van der Waals surface area contributed by atoms with Crippen LogP contribution in [-0.2, 0) is 5.41 Å². The lowest BCUT2D eigenvalue weighted by molar-refractivity contribution is 0.512. The summed E-state index contributed by atoms with van der Waals surface area (Å²) in [6.07, 6.45) is 2.00. The van der Waals surface area contributed by atoms with Crippen molar-refractivity contribution >= 4 is 0 Å². The van der Waals surface area contributed by atoms with Gasteiger partial charge in [0.2, 0.25) is 0 Å². The summed E-state index contributed by atoms with van der Waals surface area (Å²) >= 11 is 0. The van der Waals surface area contributed by atoms with Crippen molar-refractivity contribution in [3.8, 4) is 0 Å². The van der Waals surface area contributed by atoms with Crippen molar-refractivity contribution < 1.29 is 0 Å². The molecule has 74 valence electrons. The lowest BCUT2D eigenvalue weighted by atomic mass is 9.87. The fourth-order valence-corrected chi connectivity index (χ4v) is 1.68. The molecule has 0 aliphatic carbocycles. The Balaban J connectivity index is 3.14. The Bertz CT molecular complexity index is 290. The van der Waals surface area contributed by atoms with Crippen molar-refractivity contribution in [2.75, 3.05) is 0 Å². The first-order valence-corrected chi connectivity index (χ1v) is 4.88. The third kappa shape index (κ3) is 1.93. The summed E-state index contributed by atoms with van der Waals surface area (Å²) in [5.41, 5.74) is 2.85. The number of hydrogen-bond donors (Lipinski definition) is 0. The lowest BCUT2D eigenvalue weighted by Gasteiger charge is -2.18. The van der Waals surface area contributed by atoms with Crippen LogP contribution in [0.2, 0.25) is 0 Å². The van der Waals surface area contributed by atoms with E-state index in [0.717, 1.165) is 0 Å². The maximum absolute atomic E-state index is 4.40. The fourth-order valence-electron chi connectivity index (χ4n) is 1.68. The summed E-state index contributed by atoms with van der Waals surface area (Å²) in [5, 5.41) is 4.40. The second-order valence-corrected chi connectivity index (χ2v) is 4.93. The van der Waals surface area contributed by atoms with Gasteiger partial charge in [-0.2, -0.15) is 5.10 Å². The average molecular weight is 180 g/mol. The maximum Gasteiger partial charge on any atom is 0.0530 e. The number of hydrogen-bond acceptors (Lipinski definition) is 1. The molecule has 0 saturated carbocycles. The van der Waals surface area contributed by atoms with Crippen molar-refractivity contribution in [2.45, 2.75) is 53.0 Å². The average Bonchev–Trinajstić information content (AvgIpc) is 2.28. The van der Waals surface area contributed by atoms with E-state index >= 15 is 0 Å². The first kappa shape index (κ1) is 10.3. The molecule has 1 heterocycles. The zero-order valence-electron chi connectivity index (χ0n) is 9.55. The van der Waals surface area contributed by atoms with E-state index in [1.54, 1.807) is 0 Å². The van der Waals surface area contributed by atoms with Crippen molar-refractivity contribution in [3.63, 3.8) is 0 Å². The Morgan fingerprint density at radius 2 is 1.85 bits per heavy atom. The minimum atomic E-state index is 0.206. The highest BCUT2D eigenvalue weighted by Crippen LogP contribution is 2.26. The van der Waals surface area contributed by atoms with Gasteiger partial charge >= 0.3 is 0 Å². The molecule has 0 amide bonds. The summed E-state index contributed by atoms with van der Waals surface area (Å²) in [6.45, 7) is 13.1. The molecule has 0 unspecified atom stereocenters. The highest BCUT2D eigenvalue weighted by molar-refractivity contribution is 5.24.